The Balaban J connectivity index is 3.08. The normalized spacial score (nSPS) is 11.0. The van der Waals surface area contributed by atoms with Crippen LogP contribution in [0.4, 0.5) is 5.69 Å². The molecule has 1 amide bonds. The summed E-state index contributed by atoms with van der Waals surface area (Å²) in [5.74, 6) is 0.417. The molecule has 18 heavy (non-hydrogen) atoms. The van der Waals surface area contributed by atoms with Gasteiger partial charge in [-0.3, -0.25) is 9.48 Å². The maximum atomic E-state index is 12.5. The van der Waals surface area contributed by atoms with Gasteiger partial charge in [0.25, 0.3) is 5.91 Å². The zero-order chi connectivity index (χ0) is 13.9. The second-order valence-electron chi connectivity index (χ2n) is 4.90. The van der Waals surface area contributed by atoms with E-state index in [4.69, 9.17) is 5.73 Å². The lowest BCUT2D eigenvalue weighted by atomic mass is 10.2. The maximum Gasteiger partial charge on any atom is 0.274 e. The van der Waals surface area contributed by atoms with Crippen LogP contribution < -0.4 is 5.73 Å². The Labute approximate surface area is 109 Å². The van der Waals surface area contributed by atoms with Crippen LogP contribution in [0.5, 0.6) is 0 Å². The van der Waals surface area contributed by atoms with Gasteiger partial charge < -0.3 is 10.6 Å². The fraction of sp³-hybridized carbons (Fsp3) is 0.692. The molecule has 0 spiro atoms. The smallest absolute Gasteiger partial charge is 0.274 e. The molecule has 1 heterocycles. The molecule has 5 nitrogen and oxygen atoms in total. The summed E-state index contributed by atoms with van der Waals surface area (Å²) in [6.07, 6.45) is 0. The van der Waals surface area contributed by atoms with Crippen LogP contribution in [0.1, 0.15) is 43.9 Å². The Morgan fingerprint density at radius 1 is 1.44 bits per heavy atom. The van der Waals surface area contributed by atoms with E-state index in [0.717, 1.165) is 12.2 Å². The zero-order valence-electron chi connectivity index (χ0n) is 12.0. The lowest BCUT2D eigenvalue weighted by Gasteiger charge is -2.23. The topological polar surface area (TPSA) is 64.2 Å². The molecule has 5 heteroatoms. The number of rotatable bonds is 5. The summed E-state index contributed by atoms with van der Waals surface area (Å²) in [5.41, 5.74) is 7.72. The average Bonchev–Trinajstić information content (AvgIpc) is 2.61. The van der Waals surface area contributed by atoms with Crippen LogP contribution in [-0.2, 0) is 6.54 Å². The molecule has 0 saturated carbocycles. The minimum absolute atomic E-state index is 0.0221. The Bertz CT molecular complexity index is 423. The number of nitrogens with zero attached hydrogens (tertiary/aromatic N) is 3. The van der Waals surface area contributed by atoms with E-state index in [1.807, 2.05) is 25.7 Å². The Kier molecular flexibility index (Phi) is 4.76. The van der Waals surface area contributed by atoms with Crippen LogP contribution in [0.2, 0.25) is 0 Å². The van der Waals surface area contributed by atoms with E-state index in [9.17, 15) is 4.79 Å². The molecule has 0 aliphatic rings. The summed E-state index contributed by atoms with van der Waals surface area (Å²) in [7, 11) is 0. The molecule has 0 aromatic carbocycles. The molecule has 2 N–H and O–H groups in total. The van der Waals surface area contributed by atoms with Gasteiger partial charge in [-0.25, -0.2) is 0 Å². The molecule has 0 aliphatic carbocycles. The first-order valence-corrected chi connectivity index (χ1v) is 6.54. The van der Waals surface area contributed by atoms with Crippen molar-refractivity contribution in [2.24, 2.45) is 5.92 Å². The summed E-state index contributed by atoms with van der Waals surface area (Å²) >= 11 is 0. The van der Waals surface area contributed by atoms with Gasteiger partial charge in [0.1, 0.15) is 5.69 Å². The van der Waals surface area contributed by atoms with E-state index in [1.54, 1.807) is 4.68 Å². The predicted molar refractivity (Wildman–Crippen MR) is 73.5 cm³/mol. The van der Waals surface area contributed by atoms with E-state index in [-0.39, 0.29) is 5.91 Å². The van der Waals surface area contributed by atoms with E-state index in [0.29, 0.717) is 30.4 Å². The van der Waals surface area contributed by atoms with Crippen molar-refractivity contribution in [3.05, 3.63) is 11.4 Å². The highest BCUT2D eigenvalue weighted by Crippen LogP contribution is 2.19. The van der Waals surface area contributed by atoms with Crippen molar-refractivity contribution in [2.45, 2.75) is 41.2 Å². The fourth-order valence-corrected chi connectivity index (χ4v) is 2.00. The molecule has 1 rings (SSSR count). The molecule has 0 unspecified atom stereocenters. The Morgan fingerprint density at radius 3 is 2.50 bits per heavy atom. The number of anilines is 1. The van der Waals surface area contributed by atoms with Gasteiger partial charge in [-0.1, -0.05) is 13.8 Å². The van der Waals surface area contributed by atoms with Crippen molar-refractivity contribution >= 4 is 11.6 Å². The van der Waals surface area contributed by atoms with Gasteiger partial charge >= 0.3 is 0 Å². The van der Waals surface area contributed by atoms with E-state index in [1.165, 1.54) is 0 Å². The first-order chi connectivity index (χ1) is 8.42. The largest absolute Gasteiger partial charge is 0.395 e. The van der Waals surface area contributed by atoms with Crippen LogP contribution in [-0.4, -0.2) is 33.7 Å². The zero-order valence-corrected chi connectivity index (χ0v) is 12.0. The summed E-state index contributed by atoms with van der Waals surface area (Å²) in [4.78, 5) is 14.3. The van der Waals surface area contributed by atoms with E-state index >= 15 is 0 Å². The standard InChI is InChI=1S/C13H24N4O/c1-6-16(8-9(3)4)13(18)12-11(14)10(5)15-17(12)7-2/h9H,6-8,14H2,1-5H3. The minimum Gasteiger partial charge on any atom is -0.395 e. The molecule has 102 valence electrons. The highest BCUT2D eigenvalue weighted by atomic mass is 16.2. The second kappa shape index (κ2) is 5.89. The minimum atomic E-state index is -0.0221. The lowest BCUT2D eigenvalue weighted by Crippen LogP contribution is -2.35. The first kappa shape index (κ1) is 14.5. The second-order valence-corrected chi connectivity index (χ2v) is 4.90. The third kappa shape index (κ3) is 2.83. The first-order valence-electron chi connectivity index (χ1n) is 6.54. The van der Waals surface area contributed by atoms with Crippen molar-refractivity contribution in [3.8, 4) is 0 Å². The van der Waals surface area contributed by atoms with Crippen molar-refractivity contribution in [1.29, 1.82) is 0 Å². The van der Waals surface area contributed by atoms with Crippen molar-refractivity contribution in [2.75, 3.05) is 18.8 Å². The molecule has 0 bridgehead atoms. The van der Waals surface area contributed by atoms with Gasteiger partial charge in [0.2, 0.25) is 0 Å². The highest BCUT2D eigenvalue weighted by Gasteiger charge is 2.23. The maximum absolute atomic E-state index is 12.5. The molecule has 0 radical (unpaired) electrons. The summed E-state index contributed by atoms with van der Waals surface area (Å²) in [6.45, 7) is 12.0. The highest BCUT2D eigenvalue weighted by molar-refractivity contribution is 5.98. The van der Waals surface area contributed by atoms with Gasteiger partial charge in [0.15, 0.2) is 0 Å². The van der Waals surface area contributed by atoms with Crippen LogP contribution in [0.3, 0.4) is 0 Å². The quantitative estimate of drug-likeness (QED) is 0.870. The van der Waals surface area contributed by atoms with Gasteiger partial charge in [0.05, 0.1) is 11.4 Å². The number of aromatic nitrogens is 2. The molecular weight excluding hydrogens is 228 g/mol. The number of carbonyl (C=O) groups is 1. The average molecular weight is 252 g/mol. The van der Waals surface area contributed by atoms with Crippen molar-refractivity contribution < 1.29 is 4.79 Å². The molecule has 1 aromatic rings. The van der Waals surface area contributed by atoms with Crippen molar-refractivity contribution in [1.82, 2.24) is 14.7 Å². The lowest BCUT2D eigenvalue weighted by molar-refractivity contribution is 0.0734. The van der Waals surface area contributed by atoms with Crippen LogP contribution >= 0.6 is 0 Å². The van der Waals surface area contributed by atoms with E-state index in [2.05, 4.69) is 18.9 Å². The van der Waals surface area contributed by atoms with Gasteiger partial charge in [0, 0.05) is 19.6 Å². The molecule has 0 fully saturated rings. The number of aryl methyl sites for hydroxylation is 2. The van der Waals surface area contributed by atoms with Gasteiger partial charge in [-0.2, -0.15) is 5.10 Å². The molecule has 0 aliphatic heterocycles. The SMILES string of the molecule is CCN(CC(C)C)C(=O)c1c(N)c(C)nn1CC. The van der Waals surface area contributed by atoms with Gasteiger partial charge in [-0.15, -0.1) is 0 Å². The van der Waals surface area contributed by atoms with E-state index < -0.39 is 0 Å². The van der Waals surface area contributed by atoms with Crippen LogP contribution in [0.25, 0.3) is 0 Å². The van der Waals surface area contributed by atoms with Crippen LogP contribution in [0.15, 0.2) is 0 Å². The Morgan fingerprint density at radius 2 is 2.06 bits per heavy atom. The molecule has 0 saturated heterocycles. The van der Waals surface area contributed by atoms with Gasteiger partial charge in [-0.05, 0) is 26.7 Å². The van der Waals surface area contributed by atoms with Crippen LogP contribution in [0, 0.1) is 12.8 Å². The molecular formula is C13H24N4O. The Hall–Kier alpha value is -1.52. The fourth-order valence-electron chi connectivity index (χ4n) is 2.00. The summed E-state index contributed by atoms with van der Waals surface area (Å²) in [6, 6.07) is 0. The number of carbonyl (C=O) groups excluding carboxylic acids is 1. The number of hydrogen-bond donors (Lipinski definition) is 1. The molecule has 1 aromatic heterocycles. The number of amides is 1. The summed E-state index contributed by atoms with van der Waals surface area (Å²) < 4.78 is 1.69. The monoisotopic (exact) mass is 252 g/mol. The number of hydrogen-bond acceptors (Lipinski definition) is 3. The third-order valence-corrected chi connectivity index (χ3v) is 2.93. The number of nitrogens with two attached hydrogens (primary N) is 1. The number of nitrogen functional groups attached to an aromatic ring is 1. The summed E-state index contributed by atoms with van der Waals surface area (Å²) in [5, 5.41) is 4.29. The van der Waals surface area contributed by atoms with Crippen molar-refractivity contribution in [3.63, 3.8) is 0 Å². The predicted octanol–water partition coefficient (Wildman–Crippen LogP) is 1.91. The third-order valence-electron chi connectivity index (χ3n) is 2.93. The molecule has 0 atom stereocenters.